The number of benzene rings is 1. The Morgan fingerprint density at radius 2 is 1.89 bits per heavy atom. The second-order valence-electron chi connectivity index (χ2n) is 4.44. The molecule has 0 saturated carbocycles. The maximum absolute atomic E-state index is 11.9. The van der Waals surface area contributed by atoms with Crippen molar-refractivity contribution >= 4 is 11.7 Å². The zero-order valence-corrected chi connectivity index (χ0v) is 11.2. The standard InChI is InChI=1S/C15H21NO2/c1-3-4-11-16-15(18)10-9-14(17)13-8-6-5-7-12(13)2/h5-8H,3-4,9-11H2,1-2H3,(H,16,18). The van der Waals surface area contributed by atoms with Crippen LogP contribution in [0.5, 0.6) is 0 Å². The Bertz CT molecular complexity index is 413. The van der Waals surface area contributed by atoms with Crippen LogP contribution in [0.25, 0.3) is 0 Å². The van der Waals surface area contributed by atoms with Crippen LogP contribution in [-0.2, 0) is 4.79 Å². The van der Waals surface area contributed by atoms with Crippen LogP contribution in [-0.4, -0.2) is 18.2 Å². The van der Waals surface area contributed by atoms with Gasteiger partial charge in [0.05, 0.1) is 0 Å². The van der Waals surface area contributed by atoms with E-state index in [2.05, 4.69) is 12.2 Å². The molecule has 0 aliphatic carbocycles. The first-order valence-corrected chi connectivity index (χ1v) is 6.50. The number of hydrogen-bond acceptors (Lipinski definition) is 2. The molecule has 0 saturated heterocycles. The quantitative estimate of drug-likeness (QED) is 0.595. The lowest BCUT2D eigenvalue weighted by Gasteiger charge is -2.05. The zero-order chi connectivity index (χ0) is 13.4. The van der Waals surface area contributed by atoms with Crippen molar-refractivity contribution in [3.05, 3.63) is 35.4 Å². The van der Waals surface area contributed by atoms with Crippen molar-refractivity contribution in [2.75, 3.05) is 6.54 Å². The van der Waals surface area contributed by atoms with Crippen molar-refractivity contribution in [1.82, 2.24) is 5.32 Å². The van der Waals surface area contributed by atoms with E-state index in [1.807, 2.05) is 31.2 Å². The predicted molar refractivity (Wildman–Crippen MR) is 72.7 cm³/mol. The topological polar surface area (TPSA) is 46.2 Å². The van der Waals surface area contributed by atoms with Gasteiger partial charge in [-0.05, 0) is 18.9 Å². The maximum Gasteiger partial charge on any atom is 0.220 e. The van der Waals surface area contributed by atoms with Crippen LogP contribution in [0.1, 0.15) is 48.5 Å². The van der Waals surface area contributed by atoms with E-state index >= 15 is 0 Å². The average molecular weight is 247 g/mol. The number of nitrogens with one attached hydrogen (secondary N) is 1. The molecule has 0 atom stereocenters. The number of Topliss-reactive ketones (excluding diaryl/α,β-unsaturated/α-hetero) is 1. The van der Waals surface area contributed by atoms with Gasteiger partial charge in [0, 0.05) is 24.9 Å². The fraction of sp³-hybridized carbons (Fsp3) is 0.467. The van der Waals surface area contributed by atoms with E-state index < -0.39 is 0 Å². The molecule has 0 fully saturated rings. The molecule has 98 valence electrons. The van der Waals surface area contributed by atoms with E-state index in [0.29, 0.717) is 6.54 Å². The molecule has 0 aliphatic heterocycles. The molecule has 0 radical (unpaired) electrons. The van der Waals surface area contributed by atoms with E-state index in [1.54, 1.807) is 0 Å². The summed E-state index contributed by atoms with van der Waals surface area (Å²) in [6.07, 6.45) is 2.60. The average Bonchev–Trinajstić information content (AvgIpc) is 2.37. The molecule has 0 spiro atoms. The first-order chi connectivity index (χ1) is 8.65. The third-order valence-corrected chi connectivity index (χ3v) is 2.88. The zero-order valence-electron chi connectivity index (χ0n) is 11.2. The summed E-state index contributed by atoms with van der Waals surface area (Å²) in [5.74, 6) is 0.00382. The van der Waals surface area contributed by atoms with E-state index in [0.717, 1.165) is 24.0 Å². The molecule has 3 heteroatoms. The minimum Gasteiger partial charge on any atom is -0.356 e. The van der Waals surface area contributed by atoms with Gasteiger partial charge in [-0.2, -0.15) is 0 Å². The van der Waals surface area contributed by atoms with Crippen molar-refractivity contribution in [3.8, 4) is 0 Å². The fourth-order valence-corrected chi connectivity index (χ4v) is 1.74. The van der Waals surface area contributed by atoms with Gasteiger partial charge in [-0.3, -0.25) is 9.59 Å². The molecule has 0 bridgehead atoms. The van der Waals surface area contributed by atoms with Crippen LogP contribution in [0.15, 0.2) is 24.3 Å². The lowest BCUT2D eigenvalue weighted by Crippen LogP contribution is -2.24. The van der Waals surface area contributed by atoms with E-state index in [1.165, 1.54) is 0 Å². The Morgan fingerprint density at radius 1 is 1.17 bits per heavy atom. The van der Waals surface area contributed by atoms with Crippen molar-refractivity contribution in [2.45, 2.75) is 39.5 Å². The highest BCUT2D eigenvalue weighted by molar-refractivity contribution is 5.99. The van der Waals surface area contributed by atoms with Gasteiger partial charge >= 0.3 is 0 Å². The second kappa shape index (κ2) is 7.64. The Labute approximate surface area is 109 Å². The van der Waals surface area contributed by atoms with Gasteiger partial charge in [0.1, 0.15) is 0 Å². The molecule has 1 amide bonds. The smallest absolute Gasteiger partial charge is 0.220 e. The maximum atomic E-state index is 11.9. The van der Waals surface area contributed by atoms with Crippen LogP contribution in [0, 0.1) is 6.92 Å². The van der Waals surface area contributed by atoms with E-state index in [4.69, 9.17) is 0 Å². The van der Waals surface area contributed by atoms with Gasteiger partial charge < -0.3 is 5.32 Å². The highest BCUT2D eigenvalue weighted by Crippen LogP contribution is 2.10. The van der Waals surface area contributed by atoms with Crippen molar-refractivity contribution in [2.24, 2.45) is 0 Å². The van der Waals surface area contributed by atoms with Gasteiger partial charge in [0.15, 0.2) is 5.78 Å². The Hall–Kier alpha value is -1.64. The Morgan fingerprint density at radius 3 is 2.56 bits per heavy atom. The van der Waals surface area contributed by atoms with Crippen LogP contribution < -0.4 is 5.32 Å². The molecule has 0 heterocycles. The largest absolute Gasteiger partial charge is 0.356 e. The van der Waals surface area contributed by atoms with Gasteiger partial charge in [0.2, 0.25) is 5.91 Å². The third-order valence-electron chi connectivity index (χ3n) is 2.88. The minimum atomic E-state index is -0.0367. The lowest BCUT2D eigenvalue weighted by molar-refractivity contribution is -0.121. The molecule has 1 aromatic carbocycles. The van der Waals surface area contributed by atoms with Crippen LogP contribution in [0.4, 0.5) is 0 Å². The number of rotatable bonds is 7. The molecule has 1 aromatic rings. The summed E-state index contributed by atoms with van der Waals surface area (Å²) < 4.78 is 0. The summed E-state index contributed by atoms with van der Waals surface area (Å²) in [7, 11) is 0. The van der Waals surface area contributed by atoms with Gasteiger partial charge in [-0.1, -0.05) is 37.6 Å². The SMILES string of the molecule is CCCCNC(=O)CCC(=O)c1ccccc1C. The molecule has 1 N–H and O–H groups in total. The molecule has 1 rings (SSSR count). The summed E-state index contributed by atoms with van der Waals surface area (Å²) in [5.41, 5.74) is 1.69. The summed E-state index contributed by atoms with van der Waals surface area (Å²) in [5, 5.41) is 2.81. The van der Waals surface area contributed by atoms with E-state index in [-0.39, 0.29) is 24.5 Å². The monoisotopic (exact) mass is 247 g/mol. The van der Waals surface area contributed by atoms with Gasteiger partial charge in [-0.15, -0.1) is 0 Å². The van der Waals surface area contributed by atoms with Crippen LogP contribution in [0.3, 0.4) is 0 Å². The van der Waals surface area contributed by atoms with Gasteiger partial charge in [-0.25, -0.2) is 0 Å². The van der Waals surface area contributed by atoms with Crippen LogP contribution in [0.2, 0.25) is 0 Å². The molecule has 3 nitrogen and oxygen atoms in total. The number of aryl methyl sites for hydroxylation is 1. The molecule has 18 heavy (non-hydrogen) atoms. The molecular formula is C15H21NO2. The highest BCUT2D eigenvalue weighted by Gasteiger charge is 2.10. The molecule has 0 unspecified atom stereocenters. The minimum absolute atomic E-state index is 0.0367. The van der Waals surface area contributed by atoms with Crippen molar-refractivity contribution in [3.63, 3.8) is 0 Å². The highest BCUT2D eigenvalue weighted by atomic mass is 16.2. The van der Waals surface area contributed by atoms with Crippen molar-refractivity contribution < 1.29 is 9.59 Å². The summed E-state index contributed by atoms with van der Waals surface area (Å²) in [4.78, 5) is 23.4. The molecular weight excluding hydrogens is 226 g/mol. The third kappa shape index (κ3) is 4.70. The first-order valence-electron chi connectivity index (χ1n) is 6.50. The number of hydrogen-bond donors (Lipinski definition) is 1. The number of carbonyl (C=O) groups is 2. The number of amides is 1. The summed E-state index contributed by atoms with van der Waals surface area (Å²) >= 11 is 0. The summed E-state index contributed by atoms with van der Waals surface area (Å²) in [6, 6.07) is 7.48. The summed E-state index contributed by atoms with van der Waals surface area (Å²) in [6.45, 7) is 4.69. The number of ketones is 1. The molecule has 0 aromatic heterocycles. The van der Waals surface area contributed by atoms with Crippen molar-refractivity contribution in [1.29, 1.82) is 0 Å². The normalized spacial score (nSPS) is 10.1. The number of unbranched alkanes of at least 4 members (excludes halogenated alkanes) is 1. The lowest BCUT2D eigenvalue weighted by atomic mass is 10.0. The Balaban J connectivity index is 2.38. The first kappa shape index (κ1) is 14.4. The number of carbonyl (C=O) groups excluding carboxylic acids is 2. The van der Waals surface area contributed by atoms with Crippen LogP contribution >= 0.6 is 0 Å². The molecule has 0 aliphatic rings. The van der Waals surface area contributed by atoms with Gasteiger partial charge in [0.25, 0.3) is 0 Å². The Kier molecular flexibility index (Phi) is 6.12. The van der Waals surface area contributed by atoms with E-state index in [9.17, 15) is 9.59 Å². The second-order valence-corrected chi connectivity index (χ2v) is 4.44. The predicted octanol–water partition coefficient (Wildman–Crippen LogP) is 2.87. The fourth-order valence-electron chi connectivity index (χ4n) is 1.74.